The van der Waals surface area contributed by atoms with E-state index in [2.05, 4.69) is 4.74 Å². The first-order valence-electron chi connectivity index (χ1n) is 4.41. The van der Waals surface area contributed by atoms with Gasteiger partial charge in [0.2, 0.25) is 0 Å². The lowest BCUT2D eigenvalue weighted by atomic mass is 10.2. The Kier molecular flexibility index (Phi) is 4.95. The van der Waals surface area contributed by atoms with Crippen LogP contribution in [0.3, 0.4) is 0 Å². The molecule has 0 saturated heterocycles. The number of aliphatic hydroxyl groups excluding tert-OH is 1. The second kappa shape index (κ2) is 5.16. The minimum Gasteiger partial charge on any atom is -0.396 e. The average molecular weight is 330 g/mol. The van der Waals surface area contributed by atoms with Crippen LogP contribution in [0.15, 0.2) is 0 Å². The van der Waals surface area contributed by atoms with Crippen LogP contribution in [0.1, 0.15) is 6.42 Å². The molecule has 0 rings (SSSR count). The molecule has 0 fully saturated rings. The quantitative estimate of drug-likeness (QED) is 0.783. The molecule has 1 atom stereocenters. The zero-order valence-corrected chi connectivity index (χ0v) is 8.93. The zero-order chi connectivity index (χ0) is 16.6. The third-order valence-electron chi connectivity index (χ3n) is 1.87. The summed E-state index contributed by atoms with van der Waals surface area (Å²) in [6.07, 6.45) is -22.5. The highest BCUT2D eigenvalue weighted by molar-refractivity contribution is 4.89. The second-order valence-electron chi connectivity index (χ2n) is 3.39. The molecule has 0 aliphatic heterocycles. The molecular weight excluding hydrogens is 325 g/mol. The van der Waals surface area contributed by atoms with Gasteiger partial charge in [0.05, 0.1) is 0 Å². The number of hydrogen-bond donors (Lipinski definition) is 1. The summed E-state index contributed by atoms with van der Waals surface area (Å²) in [7, 11) is 0. The highest BCUT2D eigenvalue weighted by atomic mass is 19.4. The smallest absolute Gasteiger partial charge is 0.396 e. The third-order valence-corrected chi connectivity index (χ3v) is 1.87. The third kappa shape index (κ3) is 3.42. The number of halogens is 11. The monoisotopic (exact) mass is 330 g/mol. The molecule has 0 amide bonds. The first-order valence-corrected chi connectivity index (χ1v) is 4.41. The van der Waals surface area contributed by atoms with E-state index in [4.69, 9.17) is 5.11 Å². The summed E-state index contributed by atoms with van der Waals surface area (Å²) in [5.74, 6) is -12.7. The van der Waals surface area contributed by atoms with Crippen molar-refractivity contribution >= 4 is 0 Å². The molecule has 1 unspecified atom stereocenters. The van der Waals surface area contributed by atoms with Crippen LogP contribution in [0.25, 0.3) is 0 Å². The Morgan fingerprint density at radius 2 is 1.10 bits per heavy atom. The van der Waals surface area contributed by atoms with Crippen LogP contribution in [0.4, 0.5) is 48.3 Å². The Bertz CT molecular complexity index is 333. The highest BCUT2D eigenvalue weighted by Gasteiger charge is 2.78. The summed E-state index contributed by atoms with van der Waals surface area (Å²) in [5, 5.41) is 8.05. The van der Waals surface area contributed by atoms with Gasteiger partial charge in [-0.05, 0) is 0 Å². The van der Waals surface area contributed by atoms with E-state index < -0.39 is 43.3 Å². The van der Waals surface area contributed by atoms with Gasteiger partial charge in [-0.1, -0.05) is 0 Å². The van der Waals surface area contributed by atoms with Crippen LogP contribution in [0.5, 0.6) is 0 Å². The van der Waals surface area contributed by atoms with Crippen LogP contribution in [0.2, 0.25) is 0 Å². The van der Waals surface area contributed by atoms with Crippen molar-refractivity contribution in [3.63, 3.8) is 0 Å². The fourth-order valence-corrected chi connectivity index (χ4v) is 0.827. The van der Waals surface area contributed by atoms with Crippen molar-refractivity contribution in [2.75, 3.05) is 6.61 Å². The number of rotatable bonds is 5. The Balaban J connectivity index is 5.54. The van der Waals surface area contributed by atoms with Crippen LogP contribution in [-0.4, -0.2) is 42.0 Å². The van der Waals surface area contributed by atoms with Gasteiger partial charge in [0, 0.05) is 13.0 Å². The molecule has 0 saturated carbocycles. The summed E-state index contributed by atoms with van der Waals surface area (Å²) in [5.41, 5.74) is 0. The molecule has 0 heterocycles. The van der Waals surface area contributed by atoms with Crippen LogP contribution >= 0.6 is 0 Å². The Morgan fingerprint density at radius 1 is 0.700 bits per heavy atom. The summed E-state index contributed by atoms with van der Waals surface area (Å²) in [4.78, 5) is 0. The maximum absolute atomic E-state index is 13.0. The molecule has 2 nitrogen and oxygen atoms in total. The lowest BCUT2D eigenvalue weighted by Gasteiger charge is -2.34. The Morgan fingerprint density at radius 3 is 1.35 bits per heavy atom. The van der Waals surface area contributed by atoms with E-state index in [1.807, 2.05) is 0 Å². The molecule has 0 radical (unpaired) electrons. The number of hydrogen-bond acceptors (Lipinski definition) is 2. The molecule has 0 aliphatic rings. The van der Waals surface area contributed by atoms with Gasteiger partial charge < -0.3 is 5.11 Å². The molecule has 0 spiro atoms. The Labute approximate surface area is 103 Å². The molecule has 13 heteroatoms. The lowest BCUT2D eigenvalue weighted by Crippen LogP contribution is -2.59. The SMILES string of the molecule is OCCC(F)(OC(F)(F)C(F)(F)C(F)(F)F)C(F)(F)F. The van der Waals surface area contributed by atoms with Gasteiger partial charge in [0.25, 0.3) is 0 Å². The van der Waals surface area contributed by atoms with E-state index >= 15 is 0 Å². The summed E-state index contributed by atoms with van der Waals surface area (Å²) in [6, 6.07) is 0. The maximum Gasteiger partial charge on any atom is 0.462 e. The number of ether oxygens (including phenoxy) is 1. The molecule has 20 heavy (non-hydrogen) atoms. The van der Waals surface area contributed by atoms with Crippen LogP contribution < -0.4 is 0 Å². The minimum atomic E-state index is -7.07. The number of alkyl halides is 11. The second-order valence-corrected chi connectivity index (χ2v) is 3.39. The van der Waals surface area contributed by atoms with Gasteiger partial charge in [-0.15, -0.1) is 0 Å². The minimum absolute atomic E-state index is 1.80. The van der Waals surface area contributed by atoms with Crippen molar-refractivity contribution in [1.82, 2.24) is 0 Å². The van der Waals surface area contributed by atoms with Crippen molar-refractivity contribution < 1.29 is 58.1 Å². The van der Waals surface area contributed by atoms with Gasteiger partial charge in [-0.2, -0.15) is 43.9 Å². The lowest BCUT2D eigenvalue weighted by molar-refractivity contribution is -0.484. The van der Waals surface area contributed by atoms with E-state index in [-0.39, 0.29) is 0 Å². The van der Waals surface area contributed by atoms with Crippen molar-refractivity contribution in [3.05, 3.63) is 0 Å². The van der Waals surface area contributed by atoms with E-state index in [9.17, 15) is 48.3 Å². The fraction of sp³-hybridized carbons (Fsp3) is 1.00. The average Bonchev–Trinajstić information content (AvgIpc) is 2.12. The molecule has 0 aromatic rings. The van der Waals surface area contributed by atoms with E-state index in [1.54, 1.807) is 0 Å². The first-order chi connectivity index (χ1) is 8.52. The summed E-state index contributed by atoms with van der Waals surface area (Å²) >= 11 is 0. The van der Waals surface area contributed by atoms with Gasteiger partial charge in [0.15, 0.2) is 0 Å². The highest BCUT2D eigenvalue weighted by Crippen LogP contribution is 2.51. The van der Waals surface area contributed by atoms with Crippen LogP contribution in [0, 0.1) is 0 Å². The normalized spacial score (nSPS) is 18.0. The maximum atomic E-state index is 13.0. The van der Waals surface area contributed by atoms with Gasteiger partial charge in [-0.3, -0.25) is 4.74 Å². The van der Waals surface area contributed by atoms with E-state index in [0.717, 1.165) is 0 Å². The fourth-order valence-electron chi connectivity index (χ4n) is 0.827. The van der Waals surface area contributed by atoms with Crippen molar-refractivity contribution in [2.24, 2.45) is 0 Å². The predicted octanol–water partition coefficient (Wildman–Crippen LogP) is 3.40. The molecular formula is C7H5F11O2. The molecule has 0 bridgehead atoms. The molecule has 0 aromatic carbocycles. The van der Waals surface area contributed by atoms with Gasteiger partial charge in [0.1, 0.15) is 0 Å². The summed E-state index contributed by atoms with van der Waals surface area (Å²) < 4.78 is 136. The van der Waals surface area contributed by atoms with E-state index in [0.29, 0.717) is 0 Å². The molecule has 1 N–H and O–H groups in total. The number of aliphatic hydroxyl groups is 1. The van der Waals surface area contributed by atoms with E-state index in [1.165, 1.54) is 0 Å². The topological polar surface area (TPSA) is 29.5 Å². The van der Waals surface area contributed by atoms with Gasteiger partial charge >= 0.3 is 30.2 Å². The molecule has 122 valence electrons. The largest absolute Gasteiger partial charge is 0.462 e. The van der Waals surface area contributed by atoms with Gasteiger partial charge in [-0.25, -0.2) is 4.39 Å². The summed E-state index contributed by atoms with van der Waals surface area (Å²) in [6.45, 7) is -1.80. The van der Waals surface area contributed by atoms with Crippen LogP contribution in [-0.2, 0) is 4.74 Å². The zero-order valence-electron chi connectivity index (χ0n) is 8.93. The standard InChI is InChI=1S/C7H5F11O2/c8-3(1-2-19,5(11,12)13)20-7(17,18)4(9,10)6(14,15)16/h19H,1-2H2. The van der Waals surface area contributed by atoms with Crippen molar-refractivity contribution in [2.45, 2.75) is 36.7 Å². The van der Waals surface area contributed by atoms with Crippen molar-refractivity contribution in [3.8, 4) is 0 Å². The molecule has 0 aliphatic carbocycles. The van der Waals surface area contributed by atoms with Crippen molar-refractivity contribution in [1.29, 1.82) is 0 Å². The first kappa shape index (κ1) is 19.1. The predicted molar refractivity (Wildman–Crippen MR) is 38.6 cm³/mol. The Hall–Kier alpha value is -0.850. The molecule has 0 aromatic heterocycles.